The Bertz CT molecular complexity index is 786. The lowest BCUT2D eigenvalue weighted by molar-refractivity contribution is 0.0286. The zero-order valence-electron chi connectivity index (χ0n) is 18.8. The average Bonchev–Trinajstić information content (AvgIpc) is 3.23. The van der Waals surface area contributed by atoms with Gasteiger partial charge in [-0.2, -0.15) is 0 Å². The van der Waals surface area contributed by atoms with Gasteiger partial charge in [-0.1, -0.05) is 18.2 Å². The van der Waals surface area contributed by atoms with Gasteiger partial charge in [0.25, 0.3) is 0 Å². The molecule has 1 aliphatic rings. The number of hydrogen-bond acceptors (Lipinski definition) is 5. The standard InChI is InChI=1S/C25H37N3O3/c1-3-4-9-24(29)21-27(13-12-26-14-16-31-17-15-26)20-23-8-6-11-28(23)19-22-7-5-10-25(18-22)30-2/h3,5-8,10-11,18,24,29H,1,4,9,12-17,19-21H2,2H3/t24-/m0/s1. The van der Waals surface area contributed by atoms with Gasteiger partial charge in [0.15, 0.2) is 0 Å². The van der Waals surface area contributed by atoms with Crippen LogP contribution in [-0.4, -0.2) is 78.6 Å². The van der Waals surface area contributed by atoms with E-state index >= 15 is 0 Å². The molecule has 6 nitrogen and oxygen atoms in total. The van der Waals surface area contributed by atoms with E-state index in [0.29, 0.717) is 6.54 Å². The topological polar surface area (TPSA) is 50.1 Å². The number of aliphatic hydroxyl groups excluding tert-OH is 1. The highest BCUT2D eigenvalue weighted by atomic mass is 16.5. The van der Waals surface area contributed by atoms with E-state index in [-0.39, 0.29) is 6.10 Å². The fraction of sp³-hybridized carbons (Fsp3) is 0.520. The van der Waals surface area contributed by atoms with Gasteiger partial charge in [-0.25, -0.2) is 0 Å². The number of aliphatic hydroxyl groups is 1. The van der Waals surface area contributed by atoms with Crippen LogP contribution in [0.1, 0.15) is 24.1 Å². The number of aromatic nitrogens is 1. The van der Waals surface area contributed by atoms with Crippen molar-refractivity contribution in [1.29, 1.82) is 0 Å². The Hall–Kier alpha value is -2.12. The third-order valence-electron chi connectivity index (χ3n) is 5.81. The van der Waals surface area contributed by atoms with Gasteiger partial charge in [-0.05, 0) is 42.7 Å². The first-order valence-corrected chi connectivity index (χ1v) is 11.3. The lowest BCUT2D eigenvalue weighted by atomic mass is 10.1. The average molecular weight is 428 g/mol. The number of ether oxygens (including phenoxy) is 2. The minimum atomic E-state index is -0.343. The monoisotopic (exact) mass is 427 g/mol. The number of nitrogens with zero attached hydrogens (tertiary/aromatic N) is 3. The number of allylic oxidation sites excluding steroid dienone is 1. The number of morpholine rings is 1. The highest BCUT2D eigenvalue weighted by Crippen LogP contribution is 2.16. The van der Waals surface area contributed by atoms with Crippen LogP contribution in [0.3, 0.4) is 0 Å². The zero-order chi connectivity index (χ0) is 21.9. The highest BCUT2D eigenvalue weighted by molar-refractivity contribution is 5.29. The molecule has 0 bridgehead atoms. The second kappa shape index (κ2) is 12.7. The van der Waals surface area contributed by atoms with Crippen molar-refractivity contribution in [1.82, 2.24) is 14.4 Å². The summed E-state index contributed by atoms with van der Waals surface area (Å²) in [5.41, 5.74) is 2.46. The molecule has 1 atom stereocenters. The fourth-order valence-corrected chi connectivity index (χ4v) is 3.99. The van der Waals surface area contributed by atoms with Crippen molar-refractivity contribution in [3.05, 3.63) is 66.5 Å². The number of benzene rings is 1. The second-order valence-electron chi connectivity index (χ2n) is 8.19. The van der Waals surface area contributed by atoms with Crippen LogP contribution >= 0.6 is 0 Å². The number of hydrogen-bond donors (Lipinski definition) is 1. The van der Waals surface area contributed by atoms with Crippen molar-refractivity contribution in [3.8, 4) is 5.75 Å². The summed E-state index contributed by atoms with van der Waals surface area (Å²) >= 11 is 0. The number of rotatable bonds is 13. The quantitative estimate of drug-likeness (QED) is 0.498. The number of methoxy groups -OCH3 is 1. The van der Waals surface area contributed by atoms with Gasteiger partial charge >= 0.3 is 0 Å². The van der Waals surface area contributed by atoms with E-state index in [0.717, 1.165) is 71.1 Å². The summed E-state index contributed by atoms with van der Waals surface area (Å²) in [5, 5.41) is 10.5. The summed E-state index contributed by atoms with van der Waals surface area (Å²) in [7, 11) is 1.70. The lowest BCUT2D eigenvalue weighted by Crippen LogP contribution is -2.43. The predicted octanol–water partition coefficient (Wildman–Crippen LogP) is 3.01. The molecule has 3 rings (SSSR count). The summed E-state index contributed by atoms with van der Waals surface area (Å²) in [6.07, 6.45) is 5.25. The molecule has 1 N–H and O–H groups in total. The van der Waals surface area contributed by atoms with Crippen LogP contribution in [0.25, 0.3) is 0 Å². The maximum atomic E-state index is 10.5. The van der Waals surface area contributed by atoms with Gasteiger partial charge in [0.2, 0.25) is 0 Å². The summed E-state index contributed by atoms with van der Waals surface area (Å²) < 4.78 is 13.1. The Kier molecular flexibility index (Phi) is 9.62. The van der Waals surface area contributed by atoms with Crippen LogP contribution in [0, 0.1) is 0 Å². The molecule has 1 aromatic carbocycles. The predicted molar refractivity (Wildman–Crippen MR) is 125 cm³/mol. The van der Waals surface area contributed by atoms with Crippen LogP contribution in [-0.2, 0) is 17.8 Å². The van der Waals surface area contributed by atoms with E-state index in [2.05, 4.69) is 51.4 Å². The van der Waals surface area contributed by atoms with Crippen LogP contribution in [0.2, 0.25) is 0 Å². The first-order chi connectivity index (χ1) is 15.2. The van der Waals surface area contributed by atoms with Crippen molar-refractivity contribution in [2.45, 2.75) is 32.0 Å². The molecule has 1 fully saturated rings. The maximum absolute atomic E-state index is 10.5. The van der Waals surface area contributed by atoms with Gasteiger partial charge in [0.05, 0.1) is 26.4 Å². The van der Waals surface area contributed by atoms with E-state index in [9.17, 15) is 5.11 Å². The third kappa shape index (κ3) is 7.82. The smallest absolute Gasteiger partial charge is 0.119 e. The zero-order valence-corrected chi connectivity index (χ0v) is 18.8. The molecular weight excluding hydrogens is 390 g/mol. The normalized spacial score (nSPS) is 15.8. The molecule has 0 spiro atoms. The van der Waals surface area contributed by atoms with E-state index in [1.54, 1.807) is 7.11 Å². The molecule has 1 saturated heterocycles. The Labute approximate surface area is 186 Å². The van der Waals surface area contributed by atoms with E-state index in [1.165, 1.54) is 11.3 Å². The largest absolute Gasteiger partial charge is 0.497 e. The van der Waals surface area contributed by atoms with Gasteiger partial charge in [-0.3, -0.25) is 9.80 Å². The molecule has 2 heterocycles. The molecule has 0 amide bonds. The molecular formula is C25H37N3O3. The minimum absolute atomic E-state index is 0.343. The second-order valence-corrected chi connectivity index (χ2v) is 8.19. The first-order valence-electron chi connectivity index (χ1n) is 11.3. The van der Waals surface area contributed by atoms with E-state index < -0.39 is 0 Å². The van der Waals surface area contributed by atoms with Gasteiger partial charge in [0, 0.05) is 57.7 Å². The summed E-state index contributed by atoms with van der Waals surface area (Å²) in [6.45, 7) is 11.6. The molecule has 170 valence electrons. The van der Waals surface area contributed by atoms with Gasteiger partial charge in [-0.15, -0.1) is 6.58 Å². The maximum Gasteiger partial charge on any atom is 0.119 e. The Morgan fingerprint density at radius 3 is 2.87 bits per heavy atom. The van der Waals surface area contributed by atoms with Crippen molar-refractivity contribution < 1.29 is 14.6 Å². The van der Waals surface area contributed by atoms with Crippen LogP contribution in [0.15, 0.2) is 55.3 Å². The third-order valence-corrected chi connectivity index (χ3v) is 5.81. The molecule has 0 radical (unpaired) electrons. The van der Waals surface area contributed by atoms with Crippen LogP contribution in [0.4, 0.5) is 0 Å². The summed E-state index contributed by atoms with van der Waals surface area (Å²) in [4.78, 5) is 4.82. The fourth-order valence-electron chi connectivity index (χ4n) is 3.99. The summed E-state index contributed by atoms with van der Waals surface area (Å²) in [6, 6.07) is 12.5. The molecule has 0 saturated carbocycles. The SMILES string of the molecule is C=CCC[C@H](O)CN(CCN1CCOCC1)Cc1cccn1Cc1cccc(OC)c1. The first kappa shape index (κ1) is 23.5. The summed E-state index contributed by atoms with van der Waals surface area (Å²) in [5.74, 6) is 0.878. The molecule has 0 unspecified atom stereocenters. The van der Waals surface area contributed by atoms with Crippen molar-refractivity contribution in [2.75, 3.05) is 53.0 Å². The molecule has 31 heavy (non-hydrogen) atoms. The van der Waals surface area contributed by atoms with Gasteiger partial charge < -0.3 is 19.1 Å². The minimum Gasteiger partial charge on any atom is -0.497 e. The molecule has 0 aliphatic carbocycles. The molecule has 2 aromatic rings. The van der Waals surface area contributed by atoms with Gasteiger partial charge in [0.1, 0.15) is 5.75 Å². The van der Waals surface area contributed by atoms with Crippen LogP contribution in [0.5, 0.6) is 5.75 Å². The molecule has 1 aliphatic heterocycles. The Morgan fingerprint density at radius 2 is 2.10 bits per heavy atom. The lowest BCUT2D eigenvalue weighted by Gasteiger charge is -2.31. The van der Waals surface area contributed by atoms with E-state index in [4.69, 9.17) is 9.47 Å². The Balaban J connectivity index is 1.64. The van der Waals surface area contributed by atoms with Crippen molar-refractivity contribution >= 4 is 0 Å². The molecule has 6 heteroatoms. The van der Waals surface area contributed by atoms with Crippen molar-refractivity contribution in [2.24, 2.45) is 0 Å². The van der Waals surface area contributed by atoms with Crippen molar-refractivity contribution in [3.63, 3.8) is 0 Å². The molecule has 1 aromatic heterocycles. The van der Waals surface area contributed by atoms with Crippen LogP contribution < -0.4 is 4.74 Å². The highest BCUT2D eigenvalue weighted by Gasteiger charge is 2.17. The van der Waals surface area contributed by atoms with E-state index in [1.807, 2.05) is 18.2 Å². The Morgan fingerprint density at radius 1 is 1.26 bits per heavy atom.